The molecule has 300 valence electrons. The molecule has 1 heterocycles. The number of carbonyl (C=O) groups is 2. The average molecular weight is 771 g/mol. The third kappa shape index (κ3) is 20.7. The number of allylic oxidation sites excluding steroid dienone is 2. The van der Waals surface area contributed by atoms with E-state index in [0.717, 1.165) is 55.7 Å². The molecule has 0 radical (unpaired) electrons. The monoisotopic (exact) mass is 770 g/mol. The second-order valence-corrected chi connectivity index (χ2v) is 13.6. The maximum absolute atomic E-state index is 12.2. The smallest absolute Gasteiger partial charge is 0.309 e. The van der Waals surface area contributed by atoms with Crippen LogP contribution in [-0.4, -0.2) is 91.6 Å². The Labute approximate surface area is 327 Å². The molecule has 1 atom stereocenters. The van der Waals surface area contributed by atoms with Crippen molar-refractivity contribution in [2.75, 3.05) is 84.6 Å². The summed E-state index contributed by atoms with van der Waals surface area (Å²) < 4.78 is 32.7. The highest BCUT2D eigenvalue weighted by Crippen LogP contribution is 2.36. The third-order valence-corrected chi connectivity index (χ3v) is 9.23. The molecule has 0 fully saturated rings. The summed E-state index contributed by atoms with van der Waals surface area (Å²) in [6.45, 7) is 19.0. The molecule has 12 nitrogen and oxygen atoms in total. The number of nitrogens with zero attached hydrogens (tertiary/aromatic N) is 4. The zero-order chi connectivity index (χ0) is 39.1. The van der Waals surface area contributed by atoms with Crippen LogP contribution in [0.4, 0.5) is 22.1 Å². The van der Waals surface area contributed by atoms with E-state index < -0.39 is 17.9 Å². The highest BCUT2D eigenvalue weighted by molar-refractivity contribution is 7.14. The number of unbranched alkanes of at least 4 members (excludes halogenated alkanes) is 6. The quantitative estimate of drug-likeness (QED) is 0.0235. The first kappa shape index (κ1) is 46.5. The van der Waals surface area contributed by atoms with Gasteiger partial charge in [-0.2, -0.15) is 10.2 Å². The summed E-state index contributed by atoms with van der Waals surface area (Å²) in [6, 6.07) is 7.96. The van der Waals surface area contributed by atoms with Gasteiger partial charge in [0.25, 0.3) is 0 Å². The fourth-order valence-electron chi connectivity index (χ4n) is 5.33. The van der Waals surface area contributed by atoms with Gasteiger partial charge >= 0.3 is 11.9 Å². The van der Waals surface area contributed by atoms with Gasteiger partial charge in [-0.1, -0.05) is 58.1 Å². The number of hydrogen-bond acceptors (Lipinski definition) is 12. The number of carbonyl (C=O) groups excluding carboxylic acids is 2. The van der Waals surface area contributed by atoms with Gasteiger partial charge in [0.2, 0.25) is 5.69 Å². The molecule has 0 aliphatic heterocycles. The minimum atomic E-state index is -0.549. The van der Waals surface area contributed by atoms with Crippen LogP contribution in [0.25, 0.3) is 4.85 Å². The van der Waals surface area contributed by atoms with Gasteiger partial charge in [0, 0.05) is 18.8 Å². The molecule has 13 heteroatoms. The molecular weight excluding hydrogens is 709 g/mol. The van der Waals surface area contributed by atoms with Crippen LogP contribution in [0.2, 0.25) is 0 Å². The third-order valence-electron chi connectivity index (χ3n) is 8.44. The van der Waals surface area contributed by atoms with Gasteiger partial charge in [-0.25, -0.2) is 4.85 Å². The Morgan fingerprint density at radius 3 is 2.15 bits per heavy atom. The lowest BCUT2D eigenvalue weighted by atomic mass is 10.0. The van der Waals surface area contributed by atoms with E-state index in [1.165, 1.54) is 44.1 Å². The highest BCUT2D eigenvalue weighted by atomic mass is 32.1. The molecule has 2 aromatic rings. The summed E-state index contributed by atoms with van der Waals surface area (Å²) in [5.74, 6) is -1.40. The van der Waals surface area contributed by atoms with Crippen LogP contribution in [0.1, 0.15) is 83.6 Å². The Kier molecular flexibility index (Phi) is 26.4. The Balaban J connectivity index is 1.56. The van der Waals surface area contributed by atoms with Gasteiger partial charge < -0.3 is 33.3 Å². The van der Waals surface area contributed by atoms with E-state index in [1.54, 1.807) is 6.07 Å². The van der Waals surface area contributed by atoms with Crippen molar-refractivity contribution in [1.82, 2.24) is 0 Å². The number of anilines is 1. The van der Waals surface area contributed by atoms with E-state index in [-0.39, 0.29) is 19.6 Å². The molecule has 0 aliphatic carbocycles. The van der Waals surface area contributed by atoms with Crippen molar-refractivity contribution in [3.8, 4) is 0 Å². The predicted octanol–water partition coefficient (Wildman–Crippen LogP) is 9.72. The summed E-state index contributed by atoms with van der Waals surface area (Å²) in [6.07, 6.45) is 13.6. The number of thiophene rings is 1. The fourth-order valence-corrected chi connectivity index (χ4v) is 5.98. The molecule has 0 N–H and O–H groups in total. The second kappa shape index (κ2) is 30.6. The Hall–Kier alpha value is -3.67. The predicted molar refractivity (Wildman–Crippen MR) is 215 cm³/mol. The van der Waals surface area contributed by atoms with Crippen molar-refractivity contribution in [3.63, 3.8) is 0 Å². The maximum Gasteiger partial charge on any atom is 0.309 e. The Morgan fingerprint density at radius 1 is 0.833 bits per heavy atom. The standard InChI is InChI=1S/C41H62N4O8S/c1-6-8-10-12-13-14-16-35(41(47)48-5)33-39(46)53-30-29-52-28-27-51-26-25-50-24-23-49-22-21-45(20-15-11-9-7-2)36-17-18-37(34(3)32-36)43-44-40-38(42-4)19-31-54-40/h13-14,17-19,31-32,35H,6-12,15-16,20-30,33H2,1-3,5H3/b14-13+,44-43?. The number of aryl methyl sites for hydroxylation is 1. The maximum atomic E-state index is 12.2. The molecule has 2 rings (SSSR count). The Morgan fingerprint density at radius 2 is 1.50 bits per heavy atom. The van der Waals surface area contributed by atoms with Crippen molar-refractivity contribution in [3.05, 3.63) is 58.8 Å². The molecule has 54 heavy (non-hydrogen) atoms. The van der Waals surface area contributed by atoms with Crippen LogP contribution >= 0.6 is 11.3 Å². The van der Waals surface area contributed by atoms with Crippen molar-refractivity contribution < 1.29 is 38.0 Å². The first-order valence-corrected chi connectivity index (χ1v) is 20.2. The van der Waals surface area contributed by atoms with Crippen LogP contribution in [0.5, 0.6) is 0 Å². The lowest BCUT2D eigenvalue weighted by Gasteiger charge is -2.25. The fraction of sp³-hybridized carbons (Fsp3) is 0.634. The van der Waals surface area contributed by atoms with E-state index in [0.29, 0.717) is 63.4 Å². The van der Waals surface area contributed by atoms with Crippen LogP contribution in [-0.2, 0) is 38.0 Å². The summed E-state index contributed by atoms with van der Waals surface area (Å²) in [4.78, 5) is 30.1. The number of benzene rings is 1. The number of methoxy groups -OCH3 is 1. The summed E-state index contributed by atoms with van der Waals surface area (Å²) in [7, 11) is 1.33. The van der Waals surface area contributed by atoms with Crippen molar-refractivity contribution >= 4 is 45.3 Å². The van der Waals surface area contributed by atoms with Crippen molar-refractivity contribution in [1.29, 1.82) is 0 Å². The van der Waals surface area contributed by atoms with Gasteiger partial charge in [0.05, 0.1) is 84.6 Å². The second-order valence-electron chi connectivity index (χ2n) is 12.7. The lowest BCUT2D eigenvalue weighted by molar-refractivity contribution is -0.154. The molecule has 1 aromatic heterocycles. The average Bonchev–Trinajstić information content (AvgIpc) is 3.64. The van der Waals surface area contributed by atoms with Gasteiger partial charge in [-0.15, -0.1) is 11.3 Å². The minimum Gasteiger partial charge on any atom is -0.469 e. The first-order valence-electron chi connectivity index (χ1n) is 19.3. The zero-order valence-corrected chi connectivity index (χ0v) is 33.7. The number of hydrogen-bond donors (Lipinski definition) is 0. The Bertz CT molecular complexity index is 1410. The molecule has 0 saturated carbocycles. The molecule has 0 bridgehead atoms. The van der Waals surface area contributed by atoms with E-state index >= 15 is 0 Å². The highest BCUT2D eigenvalue weighted by Gasteiger charge is 2.22. The summed E-state index contributed by atoms with van der Waals surface area (Å²) in [5.41, 5.74) is 3.46. The number of rotatable bonds is 32. The van der Waals surface area contributed by atoms with Crippen LogP contribution in [0.15, 0.2) is 52.0 Å². The van der Waals surface area contributed by atoms with Crippen LogP contribution in [0.3, 0.4) is 0 Å². The SMILES string of the molecule is [C-]#[N+]c1ccsc1N=Nc1ccc(N(CCCCCC)CCOCCOCCOCCOCCOC(=O)CC(C/C=C/CCCCC)C(=O)OC)cc1C. The van der Waals surface area contributed by atoms with Gasteiger partial charge in [-0.05, 0) is 67.8 Å². The molecule has 0 spiro atoms. The molecule has 1 unspecified atom stereocenters. The lowest BCUT2D eigenvalue weighted by Crippen LogP contribution is -2.29. The van der Waals surface area contributed by atoms with E-state index in [4.69, 9.17) is 35.0 Å². The zero-order valence-electron chi connectivity index (χ0n) is 32.9. The molecule has 1 aromatic carbocycles. The van der Waals surface area contributed by atoms with E-state index in [9.17, 15) is 9.59 Å². The van der Waals surface area contributed by atoms with E-state index in [2.05, 4.69) is 52.0 Å². The first-order chi connectivity index (χ1) is 26.4. The van der Waals surface area contributed by atoms with Gasteiger partial charge in [-0.3, -0.25) is 9.59 Å². The normalized spacial score (nSPS) is 12.0. The van der Waals surface area contributed by atoms with E-state index in [1.807, 2.05) is 24.4 Å². The molecular formula is C41H62N4O8S. The number of ether oxygens (including phenoxy) is 6. The van der Waals surface area contributed by atoms with Crippen molar-refractivity contribution in [2.24, 2.45) is 16.1 Å². The van der Waals surface area contributed by atoms with Gasteiger partial charge in [0.15, 0.2) is 0 Å². The molecule has 0 amide bonds. The summed E-state index contributed by atoms with van der Waals surface area (Å²) >= 11 is 1.41. The number of azo groups is 1. The largest absolute Gasteiger partial charge is 0.469 e. The molecule has 0 saturated heterocycles. The van der Waals surface area contributed by atoms with Crippen LogP contribution < -0.4 is 4.90 Å². The van der Waals surface area contributed by atoms with Gasteiger partial charge in [0.1, 0.15) is 11.6 Å². The minimum absolute atomic E-state index is 0.0225. The van der Waals surface area contributed by atoms with Crippen molar-refractivity contribution in [2.45, 2.75) is 85.0 Å². The number of esters is 2. The molecule has 0 aliphatic rings. The topological polar surface area (TPSA) is 122 Å². The van der Waals surface area contributed by atoms with Crippen LogP contribution in [0, 0.1) is 19.4 Å². The summed E-state index contributed by atoms with van der Waals surface area (Å²) in [5, 5.41) is 11.2.